The molecule has 228 valence electrons. The van der Waals surface area contributed by atoms with Crippen LogP contribution in [0.15, 0.2) is 89.9 Å². The molecule has 2 unspecified atom stereocenters. The second-order valence-electron chi connectivity index (χ2n) is 11.8. The highest BCUT2D eigenvalue weighted by molar-refractivity contribution is 6.13. The third-order valence-corrected chi connectivity index (χ3v) is 7.15. The molecule has 0 saturated heterocycles. The van der Waals surface area contributed by atoms with E-state index < -0.39 is 11.7 Å². The molecule has 1 aliphatic rings. The van der Waals surface area contributed by atoms with Crippen molar-refractivity contribution >= 4 is 17.5 Å². The quantitative estimate of drug-likeness (QED) is 0.136. The number of anilines is 1. The summed E-state index contributed by atoms with van der Waals surface area (Å²) in [5, 5.41) is 11.8. The number of nitrogens with zero attached hydrogens (tertiary/aromatic N) is 1. The van der Waals surface area contributed by atoms with Gasteiger partial charge in [0.2, 0.25) is 0 Å². The normalized spacial score (nSPS) is 15.0. The zero-order valence-electron chi connectivity index (χ0n) is 25.4. The fourth-order valence-corrected chi connectivity index (χ4v) is 5.01. The van der Waals surface area contributed by atoms with E-state index in [4.69, 9.17) is 34.8 Å². The summed E-state index contributed by atoms with van der Waals surface area (Å²) in [4.78, 5) is 17.5. The predicted octanol–water partition coefficient (Wildman–Crippen LogP) is 6.79. The zero-order chi connectivity index (χ0) is 31.3. The monoisotopic (exact) mass is 594 g/mol. The number of benzene rings is 2. The van der Waals surface area contributed by atoms with E-state index in [0.717, 1.165) is 27.9 Å². The topological polar surface area (TPSA) is 133 Å². The number of hydrogen-bond donors (Lipinski definition) is 3. The Morgan fingerprint density at radius 3 is 2.64 bits per heavy atom. The van der Waals surface area contributed by atoms with E-state index in [1.807, 2.05) is 88.4 Å². The second-order valence-corrected chi connectivity index (χ2v) is 11.8. The van der Waals surface area contributed by atoms with E-state index in [-0.39, 0.29) is 24.3 Å². The Bertz CT molecular complexity index is 1660. The molecule has 4 N–H and O–H groups in total. The number of alkyl carbamates (subject to hydrolysis) is 1. The Morgan fingerprint density at radius 2 is 1.95 bits per heavy atom. The molecule has 9 heteroatoms. The van der Waals surface area contributed by atoms with Gasteiger partial charge in [-0.15, -0.1) is 0 Å². The van der Waals surface area contributed by atoms with Crippen molar-refractivity contribution in [3.8, 4) is 16.9 Å². The predicted molar refractivity (Wildman–Crippen MR) is 170 cm³/mol. The van der Waals surface area contributed by atoms with Crippen LogP contribution < -0.4 is 15.8 Å². The lowest BCUT2D eigenvalue weighted by Gasteiger charge is -2.24. The van der Waals surface area contributed by atoms with Crippen molar-refractivity contribution in [3.63, 3.8) is 0 Å². The van der Waals surface area contributed by atoms with Crippen molar-refractivity contribution in [2.45, 2.75) is 51.7 Å². The van der Waals surface area contributed by atoms with Gasteiger partial charge in [-0.3, -0.25) is 10.4 Å². The molecule has 4 aromatic rings. The minimum atomic E-state index is -0.626. The van der Waals surface area contributed by atoms with Crippen molar-refractivity contribution in [1.82, 2.24) is 10.3 Å². The summed E-state index contributed by atoms with van der Waals surface area (Å²) in [5.74, 6) is 0.955. The summed E-state index contributed by atoms with van der Waals surface area (Å²) < 4.78 is 22.9. The van der Waals surface area contributed by atoms with Crippen LogP contribution in [0.2, 0.25) is 0 Å². The van der Waals surface area contributed by atoms with Crippen LogP contribution in [0.25, 0.3) is 11.1 Å². The van der Waals surface area contributed by atoms with Gasteiger partial charge in [0, 0.05) is 16.8 Å². The van der Waals surface area contributed by atoms with Gasteiger partial charge in [-0.05, 0) is 81.1 Å². The molecule has 1 amide bonds. The van der Waals surface area contributed by atoms with E-state index in [1.165, 1.54) is 0 Å². The Labute approximate surface area is 257 Å². The van der Waals surface area contributed by atoms with Gasteiger partial charge in [0.05, 0.1) is 43.0 Å². The highest BCUT2D eigenvalue weighted by Gasteiger charge is 2.24. The van der Waals surface area contributed by atoms with E-state index in [0.29, 0.717) is 35.8 Å². The fraction of sp³-hybridized carbons (Fsp3) is 0.286. The molecule has 1 aliphatic heterocycles. The maximum absolute atomic E-state index is 12.7. The molecule has 5 rings (SSSR count). The summed E-state index contributed by atoms with van der Waals surface area (Å²) in [6.07, 6.45) is 6.95. The summed E-state index contributed by atoms with van der Waals surface area (Å²) in [6.45, 7) is 8.04. The molecule has 0 spiro atoms. The number of aryl methyl sites for hydroxylation is 1. The molecule has 0 aliphatic carbocycles. The van der Waals surface area contributed by atoms with Crippen LogP contribution in [-0.4, -0.2) is 41.6 Å². The number of ether oxygens (including phenoxy) is 3. The minimum Gasteiger partial charge on any atom is -0.500 e. The smallest absolute Gasteiger partial charge is 0.408 e. The molecule has 9 nitrogen and oxygen atoms in total. The van der Waals surface area contributed by atoms with Gasteiger partial charge in [0.15, 0.2) is 5.76 Å². The highest BCUT2D eigenvalue weighted by Crippen LogP contribution is 2.35. The van der Waals surface area contributed by atoms with Gasteiger partial charge in [-0.25, -0.2) is 4.79 Å². The highest BCUT2D eigenvalue weighted by atomic mass is 16.6. The Kier molecular flexibility index (Phi) is 9.04. The molecule has 3 heterocycles. The van der Waals surface area contributed by atoms with Gasteiger partial charge < -0.3 is 29.7 Å². The third-order valence-electron chi connectivity index (χ3n) is 7.15. The molecule has 44 heavy (non-hydrogen) atoms. The van der Waals surface area contributed by atoms with Gasteiger partial charge in [-0.2, -0.15) is 0 Å². The molecule has 2 atom stereocenters. The van der Waals surface area contributed by atoms with E-state index >= 15 is 0 Å². The molecular weight excluding hydrogens is 556 g/mol. The van der Waals surface area contributed by atoms with Gasteiger partial charge in [-0.1, -0.05) is 36.4 Å². The fourth-order valence-electron chi connectivity index (χ4n) is 5.01. The SMILES string of the molecule is Cc1ccoc1C(=N)c1cc(-c2cc(OCC(Cc3ccccc3)NC(=O)OC(C)(C)C)cnc2C2C=COC2)ccc1N. The summed E-state index contributed by atoms with van der Waals surface area (Å²) in [5.41, 5.74) is 11.3. The zero-order valence-corrected chi connectivity index (χ0v) is 25.4. The number of nitrogen functional groups attached to an aromatic ring is 1. The number of amides is 1. The number of pyridine rings is 1. The molecule has 0 bridgehead atoms. The first-order chi connectivity index (χ1) is 21.1. The third kappa shape index (κ3) is 7.47. The maximum atomic E-state index is 12.7. The van der Waals surface area contributed by atoms with E-state index in [9.17, 15) is 4.79 Å². The molecule has 0 fully saturated rings. The summed E-state index contributed by atoms with van der Waals surface area (Å²) >= 11 is 0. The Balaban J connectivity index is 1.44. The van der Waals surface area contributed by atoms with Crippen LogP contribution in [0.5, 0.6) is 5.75 Å². The molecule has 2 aromatic carbocycles. The summed E-state index contributed by atoms with van der Waals surface area (Å²) in [6, 6.07) is 18.9. The van der Waals surface area contributed by atoms with E-state index in [1.54, 1.807) is 24.8 Å². The standard InChI is InChI=1S/C35H38N4O5/c1-22-12-15-42-33(22)31(37)29-17-24(10-11-30(29)36)28-18-27(19-38-32(28)25-13-14-41-20-25)43-21-26(16-23-8-6-5-7-9-23)39-34(40)44-35(2,3)4/h5-15,17-19,25-26,37H,16,20-21,36H2,1-4H3,(H,39,40). The molecule has 2 aromatic heterocycles. The Hall–Kier alpha value is -5.05. The van der Waals surface area contributed by atoms with Crippen molar-refractivity contribution in [3.05, 3.63) is 114 Å². The first-order valence-corrected chi connectivity index (χ1v) is 14.5. The summed E-state index contributed by atoms with van der Waals surface area (Å²) in [7, 11) is 0. The molecular formula is C35H38N4O5. The van der Waals surface area contributed by atoms with Crippen LogP contribution in [0.1, 0.15) is 54.8 Å². The van der Waals surface area contributed by atoms with Crippen molar-refractivity contribution in [1.29, 1.82) is 5.41 Å². The van der Waals surface area contributed by atoms with Crippen molar-refractivity contribution in [2.24, 2.45) is 0 Å². The minimum absolute atomic E-state index is 0.0495. The number of rotatable bonds is 10. The van der Waals surface area contributed by atoms with Crippen LogP contribution in [0.4, 0.5) is 10.5 Å². The van der Waals surface area contributed by atoms with Crippen molar-refractivity contribution < 1.29 is 23.4 Å². The first kappa shape index (κ1) is 30.4. The van der Waals surface area contributed by atoms with Gasteiger partial charge in [0.25, 0.3) is 0 Å². The number of carbonyl (C=O) groups is 1. The Morgan fingerprint density at radius 1 is 1.16 bits per heavy atom. The average molecular weight is 595 g/mol. The van der Waals surface area contributed by atoms with Crippen LogP contribution in [-0.2, 0) is 15.9 Å². The lowest BCUT2D eigenvalue weighted by molar-refractivity contribution is 0.0487. The molecule has 0 radical (unpaired) electrons. The number of nitrogens with one attached hydrogen (secondary N) is 2. The first-order valence-electron chi connectivity index (χ1n) is 14.5. The van der Waals surface area contributed by atoms with E-state index in [2.05, 4.69) is 5.32 Å². The number of carbonyl (C=O) groups excluding carboxylic acids is 1. The van der Waals surface area contributed by atoms with Gasteiger partial charge in [0.1, 0.15) is 23.7 Å². The maximum Gasteiger partial charge on any atom is 0.408 e. The lowest BCUT2D eigenvalue weighted by atomic mass is 9.93. The number of aromatic nitrogens is 1. The molecule has 0 saturated carbocycles. The largest absolute Gasteiger partial charge is 0.500 e. The van der Waals surface area contributed by atoms with Gasteiger partial charge >= 0.3 is 6.09 Å². The average Bonchev–Trinajstić information content (AvgIpc) is 3.67. The van der Waals surface area contributed by atoms with Crippen LogP contribution in [0, 0.1) is 12.3 Å². The number of furan rings is 1. The number of nitrogens with two attached hydrogens (primary N) is 1. The van der Waals surface area contributed by atoms with Crippen molar-refractivity contribution in [2.75, 3.05) is 18.9 Å². The second kappa shape index (κ2) is 13.1. The van der Waals surface area contributed by atoms with Crippen LogP contribution >= 0.6 is 0 Å². The number of hydrogen-bond acceptors (Lipinski definition) is 8. The lowest BCUT2D eigenvalue weighted by Crippen LogP contribution is -2.43. The van der Waals surface area contributed by atoms with Crippen LogP contribution in [0.3, 0.4) is 0 Å².